The van der Waals surface area contributed by atoms with E-state index in [4.69, 9.17) is 5.26 Å². The third-order valence-corrected chi connectivity index (χ3v) is 4.87. The molecule has 0 atom stereocenters. The van der Waals surface area contributed by atoms with E-state index in [2.05, 4.69) is 0 Å². The molecule has 0 saturated carbocycles. The number of nitrogens with zero attached hydrogens (tertiary/aromatic N) is 2. The maximum Gasteiger partial charge on any atom is 0.402 e. The minimum absolute atomic E-state index is 0.182. The Labute approximate surface area is 128 Å². The zero-order valence-electron chi connectivity index (χ0n) is 12.3. The molecule has 0 radical (unpaired) electrons. The smallest absolute Gasteiger partial charge is 0.207 e. The van der Waals surface area contributed by atoms with Crippen LogP contribution in [0.2, 0.25) is 0 Å². The maximum absolute atomic E-state index is 12.6. The molecule has 0 bridgehead atoms. The van der Waals surface area contributed by atoms with Gasteiger partial charge >= 0.3 is 6.18 Å². The second-order valence-electron chi connectivity index (χ2n) is 5.09. The van der Waals surface area contributed by atoms with E-state index >= 15 is 0 Å². The molecule has 4 nitrogen and oxygen atoms in total. The van der Waals surface area contributed by atoms with Gasteiger partial charge in [-0.05, 0) is 23.6 Å². The van der Waals surface area contributed by atoms with Gasteiger partial charge < -0.3 is 0 Å². The number of hydrogen-bond donors (Lipinski definition) is 0. The Morgan fingerprint density at radius 2 is 1.77 bits per heavy atom. The standard InChI is InChI=1S/C14H17F3N2O2S/c1-11(2)12-4-6-13(7-5-12)22(20,21)19(9-3-8-18)10-14(15,16)17/h4-7,11H,3,9-10H2,1-2H3. The minimum atomic E-state index is -4.67. The van der Waals surface area contributed by atoms with Crippen molar-refractivity contribution in [1.29, 1.82) is 5.26 Å². The molecule has 1 rings (SSSR count). The lowest BCUT2D eigenvalue weighted by Gasteiger charge is -2.22. The zero-order valence-corrected chi connectivity index (χ0v) is 13.1. The first-order valence-electron chi connectivity index (χ1n) is 6.61. The van der Waals surface area contributed by atoms with Gasteiger partial charge in [0.2, 0.25) is 10.0 Å². The van der Waals surface area contributed by atoms with Gasteiger partial charge in [0.15, 0.2) is 0 Å². The fourth-order valence-electron chi connectivity index (χ4n) is 1.83. The van der Waals surface area contributed by atoms with Crippen LogP contribution in [-0.4, -0.2) is 32.0 Å². The molecular weight excluding hydrogens is 317 g/mol. The SMILES string of the molecule is CC(C)c1ccc(S(=O)(=O)N(CCC#N)CC(F)(F)F)cc1. The number of halogens is 3. The van der Waals surface area contributed by atoms with Crippen molar-refractivity contribution in [2.45, 2.75) is 37.3 Å². The summed E-state index contributed by atoms with van der Waals surface area (Å²) >= 11 is 0. The van der Waals surface area contributed by atoms with E-state index in [1.807, 2.05) is 13.8 Å². The molecular formula is C14H17F3N2O2S. The van der Waals surface area contributed by atoms with Gasteiger partial charge in [-0.25, -0.2) is 8.42 Å². The highest BCUT2D eigenvalue weighted by Gasteiger charge is 2.36. The minimum Gasteiger partial charge on any atom is -0.207 e. The van der Waals surface area contributed by atoms with E-state index in [0.29, 0.717) is 4.31 Å². The van der Waals surface area contributed by atoms with Gasteiger partial charge in [0.05, 0.1) is 11.0 Å². The molecule has 0 unspecified atom stereocenters. The van der Waals surface area contributed by atoms with Crippen LogP contribution >= 0.6 is 0 Å². The first-order valence-corrected chi connectivity index (χ1v) is 8.05. The summed E-state index contributed by atoms with van der Waals surface area (Å²) in [5.74, 6) is 0.182. The van der Waals surface area contributed by atoms with Crippen molar-refractivity contribution >= 4 is 10.0 Å². The lowest BCUT2D eigenvalue weighted by Crippen LogP contribution is -2.39. The summed E-state index contributed by atoms with van der Waals surface area (Å²) in [4.78, 5) is -0.209. The molecule has 0 spiro atoms. The molecule has 0 N–H and O–H groups in total. The van der Waals surface area contributed by atoms with E-state index in [-0.39, 0.29) is 17.2 Å². The first-order chi connectivity index (χ1) is 10.1. The van der Waals surface area contributed by atoms with Crippen molar-refractivity contribution in [3.63, 3.8) is 0 Å². The van der Waals surface area contributed by atoms with Crippen LogP contribution in [0.1, 0.15) is 31.7 Å². The summed E-state index contributed by atoms with van der Waals surface area (Å²) in [5.41, 5.74) is 0.887. The van der Waals surface area contributed by atoms with E-state index < -0.39 is 29.3 Å². The molecule has 0 saturated heterocycles. The topological polar surface area (TPSA) is 61.2 Å². The van der Waals surface area contributed by atoms with E-state index in [9.17, 15) is 21.6 Å². The molecule has 0 heterocycles. The summed E-state index contributed by atoms with van der Waals surface area (Å²) in [6.45, 7) is 1.74. The molecule has 0 amide bonds. The second-order valence-corrected chi connectivity index (χ2v) is 7.02. The Balaban J connectivity index is 3.12. The van der Waals surface area contributed by atoms with Gasteiger partial charge in [0.1, 0.15) is 6.54 Å². The largest absolute Gasteiger partial charge is 0.402 e. The Hall–Kier alpha value is -1.59. The lowest BCUT2D eigenvalue weighted by atomic mass is 10.0. The van der Waals surface area contributed by atoms with Crippen molar-refractivity contribution < 1.29 is 21.6 Å². The number of rotatable bonds is 6. The average Bonchev–Trinajstić information content (AvgIpc) is 2.42. The molecule has 0 aliphatic carbocycles. The van der Waals surface area contributed by atoms with Crippen molar-refractivity contribution in [1.82, 2.24) is 4.31 Å². The number of hydrogen-bond acceptors (Lipinski definition) is 3. The molecule has 8 heteroatoms. The monoisotopic (exact) mass is 334 g/mol. The van der Waals surface area contributed by atoms with Gasteiger partial charge in [-0.2, -0.15) is 22.7 Å². The van der Waals surface area contributed by atoms with Crippen LogP contribution in [0.15, 0.2) is 29.2 Å². The third-order valence-electron chi connectivity index (χ3n) is 3.01. The predicted octanol–water partition coefficient (Wildman–Crippen LogP) is 3.28. The van der Waals surface area contributed by atoms with Crippen LogP contribution in [0, 0.1) is 11.3 Å². The Bertz CT molecular complexity index is 632. The summed E-state index contributed by atoms with van der Waals surface area (Å²) in [6.07, 6.45) is -4.97. The van der Waals surface area contributed by atoms with Crippen LogP contribution in [0.4, 0.5) is 13.2 Å². The van der Waals surface area contributed by atoms with Crippen molar-refractivity contribution in [3.8, 4) is 6.07 Å². The average molecular weight is 334 g/mol. The van der Waals surface area contributed by atoms with Crippen molar-refractivity contribution in [3.05, 3.63) is 29.8 Å². The molecule has 0 aliphatic heterocycles. The number of sulfonamides is 1. The second kappa shape index (κ2) is 7.11. The molecule has 0 aliphatic rings. The van der Waals surface area contributed by atoms with Gasteiger partial charge in [0.25, 0.3) is 0 Å². The molecule has 22 heavy (non-hydrogen) atoms. The lowest BCUT2D eigenvalue weighted by molar-refractivity contribution is -0.136. The Morgan fingerprint density at radius 3 is 2.18 bits per heavy atom. The van der Waals surface area contributed by atoms with Crippen LogP contribution in [0.25, 0.3) is 0 Å². The Morgan fingerprint density at radius 1 is 1.23 bits per heavy atom. The zero-order chi connectivity index (χ0) is 17.0. The van der Waals surface area contributed by atoms with Crippen molar-refractivity contribution in [2.24, 2.45) is 0 Å². The molecule has 1 aromatic rings. The third kappa shape index (κ3) is 5.00. The number of nitriles is 1. The fraction of sp³-hybridized carbons (Fsp3) is 0.500. The van der Waals surface area contributed by atoms with Crippen LogP contribution in [0.3, 0.4) is 0 Å². The summed E-state index contributed by atoms with van der Waals surface area (Å²) in [5, 5.41) is 8.49. The molecule has 1 aromatic carbocycles. The summed E-state index contributed by atoms with van der Waals surface area (Å²) in [7, 11) is -4.29. The molecule has 0 fully saturated rings. The van der Waals surface area contributed by atoms with Crippen LogP contribution in [0.5, 0.6) is 0 Å². The van der Waals surface area contributed by atoms with Crippen LogP contribution in [-0.2, 0) is 10.0 Å². The van der Waals surface area contributed by atoms with Crippen LogP contribution < -0.4 is 0 Å². The highest BCUT2D eigenvalue weighted by atomic mass is 32.2. The highest BCUT2D eigenvalue weighted by Crippen LogP contribution is 2.24. The fourth-order valence-corrected chi connectivity index (χ4v) is 3.26. The maximum atomic E-state index is 12.6. The quantitative estimate of drug-likeness (QED) is 0.802. The number of benzene rings is 1. The molecule has 0 aromatic heterocycles. The summed E-state index contributed by atoms with van der Waals surface area (Å²) in [6, 6.07) is 7.40. The van der Waals surface area contributed by atoms with Gasteiger partial charge in [-0.15, -0.1) is 0 Å². The van der Waals surface area contributed by atoms with E-state index in [1.165, 1.54) is 12.1 Å². The van der Waals surface area contributed by atoms with Gasteiger partial charge in [0, 0.05) is 13.0 Å². The predicted molar refractivity (Wildman–Crippen MR) is 75.6 cm³/mol. The molecule has 122 valence electrons. The first kappa shape index (κ1) is 18.5. The van der Waals surface area contributed by atoms with Gasteiger partial charge in [-0.3, -0.25) is 0 Å². The normalized spacial score (nSPS) is 12.6. The van der Waals surface area contributed by atoms with E-state index in [1.54, 1.807) is 18.2 Å². The van der Waals surface area contributed by atoms with Gasteiger partial charge in [-0.1, -0.05) is 26.0 Å². The Kier molecular flexibility index (Phi) is 5.97. The van der Waals surface area contributed by atoms with E-state index in [0.717, 1.165) is 5.56 Å². The number of alkyl halides is 3. The summed E-state index contributed by atoms with van der Waals surface area (Å²) < 4.78 is 62.6. The van der Waals surface area contributed by atoms with Crippen molar-refractivity contribution in [2.75, 3.05) is 13.1 Å². The highest BCUT2D eigenvalue weighted by molar-refractivity contribution is 7.89.